The zero-order valence-electron chi connectivity index (χ0n) is 108. The molecular weight excluding hydrogens is 1720 g/mol. The fourth-order valence-corrected chi connectivity index (χ4v) is 22.5. The summed E-state index contributed by atoms with van der Waals surface area (Å²) in [6.45, 7) is 96.9. The van der Waals surface area contributed by atoms with Gasteiger partial charge in [0.2, 0.25) is 0 Å². The van der Waals surface area contributed by atoms with E-state index >= 15 is 0 Å². The first-order valence-electron chi connectivity index (χ1n) is 67.3. The van der Waals surface area contributed by atoms with Crippen molar-refractivity contribution in [2.24, 2.45) is 0 Å². The first kappa shape index (κ1) is 157. The van der Waals surface area contributed by atoms with E-state index in [-0.39, 0.29) is 0 Å². The van der Waals surface area contributed by atoms with Gasteiger partial charge in [-0.25, -0.2) is 0 Å². The molecule has 868 valence electrons. The maximum Gasteiger partial charge on any atom is 0.0786 e. The Balaban J connectivity index is -0.000000250. The van der Waals surface area contributed by atoms with E-state index in [1.807, 2.05) is 0 Å². The van der Waals surface area contributed by atoms with Crippen molar-refractivity contribution in [2.45, 2.75) is 668 Å². The predicted octanol–water partition coefficient (Wildman–Crippen LogP) is 42.4. The van der Waals surface area contributed by atoms with Crippen LogP contribution in [0, 0.1) is 0 Å². The monoisotopic (exact) mass is 2020 g/mol. The van der Waals surface area contributed by atoms with E-state index in [2.05, 4.69) is 222 Å². The molecule has 0 radical (unpaired) electrons. The molecule has 0 unspecified atom stereocenters. The molecular formula is C134H300N8+8. The summed E-state index contributed by atoms with van der Waals surface area (Å²) >= 11 is 0. The molecule has 0 rings (SSSR count). The molecule has 0 bridgehead atoms. The molecule has 0 aromatic carbocycles. The number of nitrogens with zero attached hydrogens (tertiary/aromatic N) is 8. The van der Waals surface area contributed by atoms with E-state index < -0.39 is 0 Å². The van der Waals surface area contributed by atoms with Crippen molar-refractivity contribution in [1.82, 2.24) is 0 Å². The Morgan fingerprint density at radius 1 is 0.0845 bits per heavy atom. The van der Waals surface area contributed by atoms with Crippen molar-refractivity contribution in [3.63, 3.8) is 0 Å². The molecule has 0 aromatic rings. The van der Waals surface area contributed by atoms with Gasteiger partial charge in [-0.3, -0.25) is 0 Å². The van der Waals surface area contributed by atoms with Gasteiger partial charge in [0.1, 0.15) is 0 Å². The Kier molecular flexibility index (Phi) is 135. The smallest absolute Gasteiger partial charge is 0.0786 e. The lowest BCUT2D eigenvalue weighted by Crippen LogP contribution is -2.50. The summed E-state index contributed by atoms with van der Waals surface area (Å²) in [5.74, 6) is 0. The van der Waals surface area contributed by atoms with Gasteiger partial charge in [0, 0.05) is 0 Å². The Hall–Kier alpha value is -0.320. The summed E-state index contributed by atoms with van der Waals surface area (Å²) in [7, 11) is 13.3. The molecule has 0 heterocycles. The SMILES string of the molecule is CCCCCCCC[N+](C)(C)CCCCCCCC.CCCCCCCC[N+](CCCCCCCC)(CCCCCCCC)CCCCCCCC.CCCCCC[N+](CCCCCC)(CCCCCC)CCCCCC.CCCCC[N+](CCCCC)(CCCCC)CCCCC.CCCC[N+](CCCC)(CCCC)CCCC.CCC[N+](CCC)(CCC)CCC.CC[N+](CC)(CC)CC.C[N+](C)(C)C. The molecule has 0 spiro atoms. The molecule has 0 saturated carbocycles. The second-order valence-corrected chi connectivity index (χ2v) is 48.9. The largest absolute Gasteiger partial charge is 0.333 e. The van der Waals surface area contributed by atoms with Gasteiger partial charge in [-0.2, -0.15) is 0 Å². The fraction of sp³-hybridized carbons (Fsp3) is 1.00. The molecule has 0 N–H and O–H groups in total. The lowest BCUT2D eigenvalue weighted by molar-refractivity contribution is -0.929. The Labute approximate surface area is 910 Å². The summed E-state index contributed by atoms with van der Waals surface area (Å²) in [6, 6.07) is 0. The summed E-state index contributed by atoms with van der Waals surface area (Å²) in [6.07, 6.45) is 108. The van der Waals surface area contributed by atoms with E-state index in [1.54, 1.807) is 0 Å². The van der Waals surface area contributed by atoms with Crippen LogP contribution in [0.2, 0.25) is 0 Å². The van der Waals surface area contributed by atoms with Crippen LogP contribution in [-0.4, -0.2) is 248 Å². The van der Waals surface area contributed by atoms with E-state index in [0.29, 0.717) is 0 Å². The summed E-state index contributed by atoms with van der Waals surface area (Å²) in [4.78, 5) is 0. The molecule has 142 heavy (non-hydrogen) atoms. The van der Waals surface area contributed by atoms with Crippen LogP contribution < -0.4 is 0 Å². The second-order valence-electron chi connectivity index (χ2n) is 48.9. The number of quaternary nitrogens is 8. The number of unbranched alkanes of at least 4 members (excludes halogenated alkanes) is 54. The molecule has 8 heteroatoms. The van der Waals surface area contributed by atoms with Crippen LogP contribution in [0.1, 0.15) is 668 Å². The van der Waals surface area contributed by atoms with Gasteiger partial charge < -0.3 is 35.9 Å². The van der Waals surface area contributed by atoms with Crippen LogP contribution in [0.5, 0.6) is 0 Å². The molecule has 0 aliphatic carbocycles. The van der Waals surface area contributed by atoms with Crippen LogP contribution in [0.15, 0.2) is 0 Å². The number of hydrogen-bond acceptors (Lipinski definition) is 0. The van der Waals surface area contributed by atoms with Crippen LogP contribution in [0.3, 0.4) is 0 Å². The average Bonchev–Trinajstić information content (AvgIpc) is 0.879. The van der Waals surface area contributed by atoms with Crippen molar-refractivity contribution in [1.29, 1.82) is 0 Å². The van der Waals surface area contributed by atoms with Gasteiger partial charge in [0.15, 0.2) is 0 Å². The zero-order valence-corrected chi connectivity index (χ0v) is 108. The van der Waals surface area contributed by atoms with Crippen LogP contribution in [0.4, 0.5) is 0 Å². The first-order valence-corrected chi connectivity index (χ1v) is 67.3. The van der Waals surface area contributed by atoms with Gasteiger partial charge in [0.05, 0.1) is 212 Å². The summed E-state index contributed by atoms with van der Waals surface area (Å²) in [5.41, 5.74) is 0. The minimum absolute atomic E-state index is 1.00. The molecule has 0 fully saturated rings. The standard InChI is InChI=1S/C32H68N.C24H52N.C20H44N.C18H40N.C16H36N.C12H28N.C8H20N.C4H12N/c1-5-9-13-17-21-25-29-33(30-26-22-18-14-10-6-2,31-27-23-19-15-11-7-3)32-28-24-20-16-12-8-4;1-5-9-13-17-21-25(22-18-14-10-6-2,23-19-15-11-7-3)24-20-16-12-8-4;1-5-9-13-17-21(18-14-10-6-2,19-15-11-7-3)20-16-12-8-4;1-5-7-9-11-13-15-17-19(3,4)18-16-14-12-10-8-6-2;1-5-9-13-17(14-10-6-2,15-11-7-3)16-12-8-4;1-5-9-13(10-6-2,11-7-3)12-8-4;1-5-9(6-2,7-3)8-4;1-5(2,3)4/h5-32H2,1-4H3;5-24H2,1-4H3;5-20H2,1-4H3;5-18H2,1-4H3;5-16H2,1-4H3;5-12H2,1-4H3;5-8H2,1-4H3;1-4H3/q8*+1. The normalized spacial score (nSPS) is 12.0. The van der Waals surface area contributed by atoms with Crippen LogP contribution >= 0.6 is 0 Å². The average molecular weight is 2020 g/mol. The van der Waals surface area contributed by atoms with E-state index in [9.17, 15) is 0 Å². The molecule has 0 atom stereocenters. The van der Waals surface area contributed by atoms with Gasteiger partial charge in [-0.15, -0.1) is 0 Å². The van der Waals surface area contributed by atoms with Crippen molar-refractivity contribution in [3.05, 3.63) is 0 Å². The zero-order chi connectivity index (χ0) is 108. The van der Waals surface area contributed by atoms with Crippen molar-refractivity contribution >= 4 is 0 Å². The summed E-state index contributed by atoms with van der Waals surface area (Å²) < 4.78 is 10.7. The minimum atomic E-state index is 1.00. The Morgan fingerprint density at radius 3 is 0.296 bits per heavy atom. The van der Waals surface area contributed by atoms with E-state index in [0.717, 1.165) is 4.48 Å². The van der Waals surface area contributed by atoms with Crippen LogP contribution in [-0.2, 0) is 0 Å². The Morgan fingerprint density at radius 2 is 0.176 bits per heavy atom. The predicted molar refractivity (Wildman–Crippen MR) is 663 cm³/mol. The van der Waals surface area contributed by atoms with Gasteiger partial charge >= 0.3 is 0 Å². The highest BCUT2D eigenvalue weighted by atomic mass is 15.4. The molecule has 0 aliphatic heterocycles. The number of hydrogen-bond donors (Lipinski definition) is 0. The first-order chi connectivity index (χ1) is 68.6. The molecule has 0 aliphatic rings. The van der Waals surface area contributed by atoms with E-state index in [4.69, 9.17) is 0 Å². The fourth-order valence-electron chi connectivity index (χ4n) is 22.5. The maximum atomic E-state index is 2.41. The minimum Gasteiger partial charge on any atom is -0.333 e. The van der Waals surface area contributed by atoms with Crippen molar-refractivity contribution < 1.29 is 35.9 Å². The van der Waals surface area contributed by atoms with Gasteiger partial charge in [0.25, 0.3) is 0 Å². The van der Waals surface area contributed by atoms with Crippen LogP contribution in [0.25, 0.3) is 0 Å². The van der Waals surface area contributed by atoms with Gasteiger partial charge in [-0.05, 0) is 259 Å². The molecule has 0 aromatic heterocycles. The highest BCUT2D eigenvalue weighted by molar-refractivity contribution is 4.61. The summed E-state index contributed by atoms with van der Waals surface area (Å²) in [5, 5.41) is 0. The highest BCUT2D eigenvalue weighted by Crippen LogP contribution is 2.26. The second kappa shape index (κ2) is 123. The third-order valence-electron chi connectivity index (χ3n) is 32.5. The van der Waals surface area contributed by atoms with E-state index in [1.165, 1.54) is 690 Å². The molecule has 0 saturated heterocycles. The number of rotatable bonds is 102. The lowest BCUT2D eigenvalue weighted by Gasteiger charge is -2.40. The third kappa shape index (κ3) is 114. The topological polar surface area (TPSA) is 0 Å². The maximum absolute atomic E-state index is 2.41. The van der Waals surface area contributed by atoms with Crippen molar-refractivity contribution in [2.75, 3.05) is 212 Å². The van der Waals surface area contributed by atoms with Crippen molar-refractivity contribution in [3.8, 4) is 0 Å². The highest BCUT2D eigenvalue weighted by Gasteiger charge is 2.31. The quantitative estimate of drug-likeness (QED) is 0.0421. The third-order valence-corrected chi connectivity index (χ3v) is 32.5. The van der Waals surface area contributed by atoms with Gasteiger partial charge in [-0.1, -0.05) is 409 Å². The molecule has 8 nitrogen and oxygen atoms in total. The Bertz CT molecular complexity index is 1910. The lowest BCUT2D eigenvalue weighted by atomic mass is 10.0. The molecule has 0 amide bonds.